The van der Waals surface area contributed by atoms with Gasteiger partial charge in [-0.25, -0.2) is 0 Å². The fourth-order valence-corrected chi connectivity index (χ4v) is 1.91. The van der Waals surface area contributed by atoms with Crippen molar-refractivity contribution in [3.8, 4) is 5.75 Å². The zero-order chi connectivity index (χ0) is 12.8. The summed E-state index contributed by atoms with van der Waals surface area (Å²) < 4.78 is 5.74. The van der Waals surface area contributed by atoms with Crippen LogP contribution in [0.1, 0.15) is 23.7 Å². The number of benzene rings is 1. The second-order valence-corrected chi connectivity index (χ2v) is 4.59. The Balaban J connectivity index is 2.75. The van der Waals surface area contributed by atoms with E-state index in [2.05, 4.69) is 21.2 Å². The molecule has 0 saturated carbocycles. The van der Waals surface area contributed by atoms with Crippen LogP contribution in [0.15, 0.2) is 22.7 Å². The van der Waals surface area contributed by atoms with Gasteiger partial charge in [0.25, 0.3) is 5.91 Å². The molecule has 5 heteroatoms. The summed E-state index contributed by atoms with van der Waals surface area (Å²) in [5, 5.41) is 11.6. The summed E-state index contributed by atoms with van der Waals surface area (Å²) in [6, 6.07) is 5.12. The van der Waals surface area contributed by atoms with Gasteiger partial charge >= 0.3 is 0 Å². The monoisotopic (exact) mass is 301 g/mol. The first-order chi connectivity index (χ1) is 8.08. The first-order valence-electron chi connectivity index (χ1n) is 5.33. The van der Waals surface area contributed by atoms with E-state index < -0.39 is 0 Å². The average molecular weight is 302 g/mol. The van der Waals surface area contributed by atoms with Crippen molar-refractivity contribution in [3.63, 3.8) is 0 Å². The minimum absolute atomic E-state index is 0.0542. The Hall–Kier alpha value is -1.07. The standard InChI is InChI=1S/C12H16BrNO3/c1-8(5-6-15)14-12(16)10-4-3-9(17-2)7-11(10)13/h3-4,7-8,15H,5-6H2,1-2H3,(H,14,16). The number of carbonyl (C=O) groups is 1. The third-order valence-electron chi connectivity index (χ3n) is 2.36. The molecule has 1 unspecified atom stereocenters. The lowest BCUT2D eigenvalue weighted by atomic mass is 10.1. The van der Waals surface area contributed by atoms with Gasteiger partial charge in [-0.2, -0.15) is 0 Å². The molecule has 0 heterocycles. The van der Waals surface area contributed by atoms with Crippen LogP contribution >= 0.6 is 15.9 Å². The van der Waals surface area contributed by atoms with Crippen molar-refractivity contribution in [2.75, 3.05) is 13.7 Å². The Kier molecular flexibility index (Phi) is 5.44. The van der Waals surface area contributed by atoms with E-state index in [0.29, 0.717) is 22.2 Å². The summed E-state index contributed by atoms with van der Waals surface area (Å²) in [5.74, 6) is 0.525. The van der Waals surface area contributed by atoms with Crippen LogP contribution in [-0.2, 0) is 0 Å². The van der Waals surface area contributed by atoms with Gasteiger partial charge in [0.1, 0.15) is 5.75 Å². The van der Waals surface area contributed by atoms with E-state index in [1.54, 1.807) is 25.3 Å². The summed E-state index contributed by atoms with van der Waals surface area (Å²) in [7, 11) is 1.57. The summed E-state index contributed by atoms with van der Waals surface area (Å²) in [4.78, 5) is 11.9. The predicted octanol–water partition coefficient (Wildman–Crippen LogP) is 1.96. The summed E-state index contributed by atoms with van der Waals surface area (Å²) in [6.45, 7) is 1.91. The lowest BCUT2D eigenvalue weighted by Gasteiger charge is -2.13. The zero-order valence-corrected chi connectivity index (χ0v) is 11.5. The number of hydrogen-bond acceptors (Lipinski definition) is 3. The van der Waals surface area contributed by atoms with Crippen molar-refractivity contribution in [2.24, 2.45) is 0 Å². The van der Waals surface area contributed by atoms with Gasteiger partial charge in [-0.05, 0) is 47.5 Å². The molecule has 0 spiro atoms. The van der Waals surface area contributed by atoms with Crippen molar-refractivity contribution in [3.05, 3.63) is 28.2 Å². The second-order valence-electron chi connectivity index (χ2n) is 3.73. The van der Waals surface area contributed by atoms with Gasteiger partial charge < -0.3 is 15.2 Å². The SMILES string of the molecule is COc1ccc(C(=O)NC(C)CCO)c(Br)c1. The fourth-order valence-electron chi connectivity index (χ4n) is 1.37. The molecular weight excluding hydrogens is 286 g/mol. The zero-order valence-electron chi connectivity index (χ0n) is 9.87. The number of halogens is 1. The Bertz CT molecular complexity index is 395. The maximum absolute atomic E-state index is 11.9. The molecule has 0 saturated heterocycles. The van der Waals surface area contributed by atoms with Crippen LogP contribution in [0.25, 0.3) is 0 Å². The van der Waals surface area contributed by atoms with Gasteiger partial charge in [0.15, 0.2) is 0 Å². The Morgan fingerprint density at radius 2 is 2.29 bits per heavy atom. The van der Waals surface area contributed by atoms with Crippen molar-refractivity contribution in [1.82, 2.24) is 5.32 Å². The van der Waals surface area contributed by atoms with E-state index in [9.17, 15) is 4.79 Å². The van der Waals surface area contributed by atoms with Gasteiger partial charge in [-0.3, -0.25) is 4.79 Å². The van der Waals surface area contributed by atoms with Crippen molar-refractivity contribution in [1.29, 1.82) is 0 Å². The van der Waals surface area contributed by atoms with Crippen LogP contribution in [0.2, 0.25) is 0 Å². The Labute approximate surface area is 109 Å². The normalized spacial score (nSPS) is 12.0. The van der Waals surface area contributed by atoms with Crippen molar-refractivity contribution >= 4 is 21.8 Å². The third-order valence-corrected chi connectivity index (χ3v) is 3.02. The summed E-state index contributed by atoms with van der Waals surface area (Å²) in [6.07, 6.45) is 0.541. The Morgan fingerprint density at radius 3 is 2.82 bits per heavy atom. The molecule has 0 radical (unpaired) electrons. The van der Waals surface area contributed by atoms with Crippen molar-refractivity contribution < 1.29 is 14.6 Å². The highest BCUT2D eigenvalue weighted by atomic mass is 79.9. The molecular formula is C12H16BrNO3. The lowest BCUT2D eigenvalue weighted by Crippen LogP contribution is -2.33. The number of aliphatic hydroxyl groups excluding tert-OH is 1. The molecule has 0 aliphatic heterocycles. The first kappa shape index (κ1) is 14.0. The molecule has 1 aromatic carbocycles. The van der Waals surface area contributed by atoms with E-state index in [0.717, 1.165) is 0 Å². The average Bonchev–Trinajstić information content (AvgIpc) is 2.28. The van der Waals surface area contributed by atoms with Gasteiger partial charge in [-0.15, -0.1) is 0 Å². The van der Waals surface area contributed by atoms with E-state index >= 15 is 0 Å². The van der Waals surface area contributed by atoms with Crippen LogP contribution in [-0.4, -0.2) is 30.8 Å². The molecule has 0 aliphatic rings. The predicted molar refractivity (Wildman–Crippen MR) is 69.3 cm³/mol. The molecule has 2 N–H and O–H groups in total. The van der Waals surface area contributed by atoms with Gasteiger partial charge in [0, 0.05) is 17.1 Å². The van der Waals surface area contributed by atoms with E-state index in [-0.39, 0.29) is 18.6 Å². The van der Waals surface area contributed by atoms with Gasteiger partial charge in [0.2, 0.25) is 0 Å². The number of carbonyl (C=O) groups excluding carboxylic acids is 1. The molecule has 0 fully saturated rings. The number of ether oxygens (including phenoxy) is 1. The lowest BCUT2D eigenvalue weighted by molar-refractivity contribution is 0.0933. The van der Waals surface area contributed by atoms with Gasteiger partial charge in [-0.1, -0.05) is 0 Å². The van der Waals surface area contributed by atoms with Crippen LogP contribution in [0.4, 0.5) is 0 Å². The van der Waals surface area contributed by atoms with Crippen LogP contribution in [0.3, 0.4) is 0 Å². The highest BCUT2D eigenvalue weighted by molar-refractivity contribution is 9.10. The summed E-state index contributed by atoms with van der Waals surface area (Å²) >= 11 is 3.33. The third kappa shape index (κ3) is 4.02. The maximum atomic E-state index is 11.9. The highest BCUT2D eigenvalue weighted by Crippen LogP contribution is 2.22. The number of hydrogen-bond donors (Lipinski definition) is 2. The molecule has 17 heavy (non-hydrogen) atoms. The summed E-state index contributed by atoms with van der Waals surface area (Å²) in [5.41, 5.74) is 0.551. The van der Waals surface area contributed by atoms with Crippen molar-refractivity contribution in [2.45, 2.75) is 19.4 Å². The molecule has 0 aromatic heterocycles. The second kappa shape index (κ2) is 6.61. The quantitative estimate of drug-likeness (QED) is 0.874. The molecule has 4 nitrogen and oxygen atoms in total. The topological polar surface area (TPSA) is 58.6 Å². The van der Waals surface area contributed by atoms with Crippen LogP contribution in [0.5, 0.6) is 5.75 Å². The molecule has 94 valence electrons. The highest BCUT2D eigenvalue weighted by Gasteiger charge is 2.13. The minimum atomic E-state index is -0.166. The van der Waals surface area contributed by atoms with E-state index in [1.807, 2.05) is 6.92 Å². The molecule has 1 amide bonds. The number of nitrogens with one attached hydrogen (secondary N) is 1. The van der Waals surface area contributed by atoms with Crippen LogP contribution in [0, 0.1) is 0 Å². The number of methoxy groups -OCH3 is 1. The molecule has 0 bridgehead atoms. The first-order valence-corrected chi connectivity index (χ1v) is 6.13. The minimum Gasteiger partial charge on any atom is -0.497 e. The largest absolute Gasteiger partial charge is 0.497 e. The van der Waals surface area contributed by atoms with E-state index in [4.69, 9.17) is 9.84 Å². The fraction of sp³-hybridized carbons (Fsp3) is 0.417. The van der Waals surface area contributed by atoms with Gasteiger partial charge in [0.05, 0.1) is 12.7 Å². The Morgan fingerprint density at radius 1 is 1.59 bits per heavy atom. The molecule has 1 atom stereocenters. The molecule has 1 aromatic rings. The number of amides is 1. The van der Waals surface area contributed by atoms with Crippen LogP contribution < -0.4 is 10.1 Å². The molecule has 1 rings (SSSR count). The van der Waals surface area contributed by atoms with E-state index in [1.165, 1.54) is 0 Å². The molecule has 0 aliphatic carbocycles. The maximum Gasteiger partial charge on any atom is 0.252 e. The number of rotatable bonds is 5. The smallest absolute Gasteiger partial charge is 0.252 e. The number of aliphatic hydroxyl groups is 1.